The van der Waals surface area contributed by atoms with Gasteiger partial charge >= 0.3 is 292 Å². The standard InChI is InChI=1S/C38H48N4O2S2.Ti/c1-37(2,3)27-19-25(33(43)29(21-27)35-39-15-11-16-40-35)23-45-31-13-9-7-8-10-14-32(31)46-24-26-20-28(38(4,5)6)22-30(34(26)44)36-41-17-12-18-42-36;/h11-12,15-22,31-32,43-44H,7-10,13-14,23-24H2,1-6H3;/t31-,32?;/m0./s1. The van der Waals surface area contributed by atoms with Crippen LogP contribution in [-0.2, 0) is 37.8 Å². The summed E-state index contributed by atoms with van der Waals surface area (Å²) in [5, 5.41) is 24.9. The van der Waals surface area contributed by atoms with E-state index in [0.29, 0.717) is 33.6 Å². The van der Waals surface area contributed by atoms with E-state index < -0.39 is 0 Å². The zero-order chi connectivity index (χ0) is 33.3. The maximum atomic E-state index is 11.8. The minimum absolute atomic E-state index is 0.0656. The van der Waals surface area contributed by atoms with E-state index in [9.17, 15) is 10.2 Å². The van der Waals surface area contributed by atoms with Crippen molar-refractivity contribution in [1.82, 2.24) is 19.9 Å². The molecule has 4 atom stereocenters. The molecule has 1 fully saturated rings. The molecule has 248 valence electrons. The molecule has 1 aliphatic heterocycles. The fourth-order valence-corrected chi connectivity index (χ4v) is 27.5. The number of phenolic OH excluding ortho intramolecular Hbond substituents is 2. The first-order valence-corrected chi connectivity index (χ1v) is 23.6. The molecule has 2 aromatic heterocycles. The molecular weight excluding hydrogens is 656 g/mol. The van der Waals surface area contributed by atoms with Crippen molar-refractivity contribution in [3.63, 3.8) is 0 Å². The summed E-state index contributed by atoms with van der Waals surface area (Å²) >= 11 is -0.361. The van der Waals surface area contributed by atoms with Gasteiger partial charge in [-0.3, -0.25) is 0 Å². The van der Waals surface area contributed by atoms with Gasteiger partial charge in [0.15, 0.2) is 0 Å². The average Bonchev–Trinajstić information content (AvgIpc) is 3.32. The van der Waals surface area contributed by atoms with Gasteiger partial charge in [-0.1, -0.05) is 0 Å². The van der Waals surface area contributed by atoms with Crippen molar-refractivity contribution in [1.29, 1.82) is 0 Å². The monoisotopic (exact) mass is 704 g/mol. The van der Waals surface area contributed by atoms with Gasteiger partial charge in [-0.2, -0.15) is 0 Å². The van der Waals surface area contributed by atoms with Gasteiger partial charge in [-0.15, -0.1) is 0 Å². The molecule has 6 rings (SSSR count). The molecule has 6 nitrogen and oxygen atoms in total. The Morgan fingerprint density at radius 1 is 0.617 bits per heavy atom. The summed E-state index contributed by atoms with van der Waals surface area (Å²) in [6.07, 6.45) is 14.8. The zero-order valence-electron chi connectivity index (χ0n) is 28.6. The first-order chi connectivity index (χ1) is 22.4. The topological polar surface area (TPSA) is 92.0 Å². The van der Waals surface area contributed by atoms with Crippen LogP contribution in [0.2, 0.25) is 0 Å². The normalized spacial score (nSPS) is 21.7. The molecule has 1 aliphatic carbocycles. The Labute approximate surface area is 290 Å². The van der Waals surface area contributed by atoms with Crippen molar-refractivity contribution in [3.8, 4) is 34.3 Å². The second kappa shape index (κ2) is 14.2. The minimum atomic E-state index is -0.361. The molecule has 3 unspecified atom stereocenters. The van der Waals surface area contributed by atoms with Crippen LogP contribution in [-0.4, -0.2) is 40.6 Å². The van der Waals surface area contributed by atoms with Gasteiger partial charge in [0.25, 0.3) is 0 Å². The van der Waals surface area contributed by atoms with Crippen molar-refractivity contribution in [2.24, 2.45) is 0 Å². The van der Waals surface area contributed by atoms with E-state index in [4.69, 9.17) is 0 Å². The third-order valence-corrected chi connectivity index (χ3v) is 25.4. The van der Waals surface area contributed by atoms with E-state index in [1.54, 1.807) is 24.8 Å². The van der Waals surface area contributed by atoms with Gasteiger partial charge in [0.1, 0.15) is 0 Å². The van der Waals surface area contributed by atoms with Gasteiger partial charge in [0.05, 0.1) is 0 Å². The fourth-order valence-electron chi connectivity index (χ4n) is 6.63. The molecule has 47 heavy (non-hydrogen) atoms. The van der Waals surface area contributed by atoms with Gasteiger partial charge in [0, 0.05) is 0 Å². The second-order valence-electron chi connectivity index (χ2n) is 15.0. The maximum absolute atomic E-state index is 11.8. The van der Waals surface area contributed by atoms with Crippen LogP contribution in [0.3, 0.4) is 0 Å². The zero-order valence-corrected chi connectivity index (χ0v) is 31.8. The van der Waals surface area contributed by atoms with Crippen LogP contribution < -0.4 is 0 Å². The summed E-state index contributed by atoms with van der Waals surface area (Å²) in [4.78, 5) is 18.1. The molecule has 0 saturated heterocycles. The Bertz CT molecular complexity index is 1700. The van der Waals surface area contributed by atoms with Crippen LogP contribution in [0.15, 0.2) is 61.2 Å². The first-order valence-electron chi connectivity index (χ1n) is 16.8. The number of fused-ring (bicyclic) bond motifs is 1. The molecule has 1 saturated carbocycles. The number of aromatic hydroxyl groups is 2. The van der Waals surface area contributed by atoms with Crippen LogP contribution in [0.25, 0.3) is 22.8 Å². The predicted octanol–water partition coefficient (Wildman–Crippen LogP) is 9.86. The molecule has 2 aliphatic rings. The predicted molar refractivity (Wildman–Crippen MR) is 194 cm³/mol. The SMILES string of the molecule is CC(C)(C)c1cc(C[S]2=[Ti]=[S](Cc3cc(C(C)(C)C)cc(-c4ncccn4)c3O)[C@H]3CCCCCCC32)c(O)c(-c2ncccn2)c1. The number of hydrogen-bond acceptors (Lipinski definition) is 6. The average molecular weight is 705 g/mol. The first kappa shape index (κ1) is 34.5. The van der Waals surface area contributed by atoms with E-state index in [1.807, 2.05) is 12.1 Å². The molecule has 4 aromatic rings. The number of benzene rings is 2. The van der Waals surface area contributed by atoms with Crippen LogP contribution >= 0.6 is 15.9 Å². The van der Waals surface area contributed by atoms with Crippen molar-refractivity contribution < 1.29 is 25.7 Å². The number of aromatic nitrogens is 4. The molecule has 0 spiro atoms. The second-order valence-corrected chi connectivity index (χ2v) is 26.4. The number of nitrogens with zero attached hydrogens (tertiary/aromatic N) is 4. The van der Waals surface area contributed by atoms with Crippen molar-refractivity contribution in [2.45, 2.75) is 113 Å². The molecule has 2 N–H and O–H groups in total. The summed E-state index contributed by atoms with van der Waals surface area (Å²) in [6.45, 7) is 13.4. The van der Waals surface area contributed by atoms with Gasteiger partial charge in [0.2, 0.25) is 0 Å². The van der Waals surface area contributed by atoms with Crippen LogP contribution in [0, 0.1) is 0 Å². The summed E-state index contributed by atoms with van der Waals surface area (Å²) in [6, 6.07) is 12.3. The van der Waals surface area contributed by atoms with Crippen molar-refractivity contribution in [2.75, 3.05) is 0 Å². The third kappa shape index (κ3) is 7.77. The Morgan fingerprint density at radius 2 is 1.00 bits per heavy atom. The molecule has 0 amide bonds. The van der Waals surface area contributed by atoms with E-state index in [1.165, 1.54) is 49.7 Å². The van der Waals surface area contributed by atoms with E-state index in [-0.39, 0.29) is 42.2 Å². The van der Waals surface area contributed by atoms with Crippen molar-refractivity contribution in [3.05, 3.63) is 83.4 Å². The van der Waals surface area contributed by atoms with Crippen LogP contribution in [0.4, 0.5) is 0 Å². The number of rotatable bonds is 6. The molecule has 9 heteroatoms. The van der Waals surface area contributed by atoms with Gasteiger partial charge in [-0.05, 0) is 0 Å². The Balaban J connectivity index is 1.46. The molecular formula is C38H48N4O2S2Ti. The number of phenols is 2. The van der Waals surface area contributed by atoms with Crippen LogP contribution in [0.5, 0.6) is 11.5 Å². The van der Waals surface area contributed by atoms with Gasteiger partial charge in [-0.25, -0.2) is 0 Å². The summed E-state index contributed by atoms with van der Waals surface area (Å²) in [5.74, 6) is 3.72. The molecule has 3 heterocycles. The summed E-state index contributed by atoms with van der Waals surface area (Å²) < 4.78 is 0. The summed E-state index contributed by atoms with van der Waals surface area (Å²) in [5.41, 5.74) is 5.88. The quantitative estimate of drug-likeness (QED) is 0.194. The van der Waals surface area contributed by atoms with Crippen LogP contribution in [0.1, 0.15) is 102 Å². The number of hydrogen-bond donors (Lipinski definition) is 2. The Kier molecular flexibility index (Phi) is 10.4. The van der Waals surface area contributed by atoms with E-state index in [0.717, 1.165) is 33.8 Å². The molecule has 0 bridgehead atoms. The molecule has 2 aromatic carbocycles. The van der Waals surface area contributed by atoms with Gasteiger partial charge < -0.3 is 0 Å². The Hall–Kier alpha value is -2.39. The van der Waals surface area contributed by atoms with E-state index >= 15 is 0 Å². The summed E-state index contributed by atoms with van der Waals surface area (Å²) in [7, 11) is 0.465. The third-order valence-electron chi connectivity index (χ3n) is 9.43. The Morgan fingerprint density at radius 3 is 1.36 bits per heavy atom. The fraction of sp³-hybridized carbons (Fsp3) is 0.474. The van der Waals surface area contributed by atoms with Crippen molar-refractivity contribution >= 4 is 15.9 Å². The van der Waals surface area contributed by atoms with E-state index in [2.05, 4.69) is 85.7 Å². The molecule has 0 radical (unpaired) electrons.